The molecule has 0 aliphatic heterocycles. The first-order valence-corrected chi connectivity index (χ1v) is 6.22. The van der Waals surface area contributed by atoms with Crippen molar-refractivity contribution < 1.29 is 27.9 Å². The van der Waals surface area contributed by atoms with E-state index < -0.39 is 22.4 Å². The normalized spacial score (nSPS) is 11.1. The molecular formula is C14H11F3N2O4. The number of benzene rings is 2. The molecule has 0 unspecified atom stereocenters. The SMILES string of the molecule is COc1ccc(Nc2ccc(C(F)(F)F)cc2[N+](=O)[O-])cc1O. The van der Waals surface area contributed by atoms with E-state index in [-0.39, 0.29) is 22.9 Å². The predicted octanol–water partition coefficient (Wildman–Crippen LogP) is 4.07. The Balaban J connectivity index is 2.39. The van der Waals surface area contributed by atoms with Crippen molar-refractivity contribution in [2.24, 2.45) is 0 Å². The number of ether oxygens (including phenoxy) is 1. The number of methoxy groups -OCH3 is 1. The molecule has 0 bridgehead atoms. The van der Waals surface area contributed by atoms with Gasteiger partial charge in [0.15, 0.2) is 11.5 Å². The van der Waals surface area contributed by atoms with E-state index in [1.807, 2.05) is 0 Å². The highest BCUT2D eigenvalue weighted by Gasteiger charge is 2.33. The first-order chi connectivity index (χ1) is 10.7. The summed E-state index contributed by atoms with van der Waals surface area (Å²) >= 11 is 0. The number of nitro groups is 1. The van der Waals surface area contributed by atoms with Crippen molar-refractivity contribution in [3.8, 4) is 11.5 Å². The van der Waals surface area contributed by atoms with Gasteiger partial charge in [-0.3, -0.25) is 10.1 Å². The maximum atomic E-state index is 12.6. The topological polar surface area (TPSA) is 84.6 Å². The van der Waals surface area contributed by atoms with E-state index in [2.05, 4.69) is 5.32 Å². The summed E-state index contributed by atoms with van der Waals surface area (Å²) in [6.45, 7) is 0. The number of phenols is 1. The van der Waals surface area contributed by atoms with Crippen molar-refractivity contribution >= 4 is 17.1 Å². The van der Waals surface area contributed by atoms with Crippen LogP contribution in [0.25, 0.3) is 0 Å². The first-order valence-electron chi connectivity index (χ1n) is 6.22. The minimum absolute atomic E-state index is 0.132. The molecule has 0 radical (unpaired) electrons. The van der Waals surface area contributed by atoms with Gasteiger partial charge in [0.1, 0.15) is 5.69 Å². The molecule has 0 heterocycles. The van der Waals surface area contributed by atoms with Crippen LogP contribution in [-0.2, 0) is 6.18 Å². The summed E-state index contributed by atoms with van der Waals surface area (Å²) in [5.41, 5.74) is -1.72. The van der Waals surface area contributed by atoms with Crippen LogP contribution in [0.1, 0.15) is 5.56 Å². The fraction of sp³-hybridized carbons (Fsp3) is 0.143. The van der Waals surface area contributed by atoms with Gasteiger partial charge in [0.2, 0.25) is 0 Å². The van der Waals surface area contributed by atoms with Gasteiger partial charge in [0.05, 0.1) is 17.6 Å². The van der Waals surface area contributed by atoms with Gasteiger partial charge in [-0.05, 0) is 24.3 Å². The highest BCUT2D eigenvalue weighted by molar-refractivity contribution is 5.71. The molecule has 0 saturated heterocycles. The molecule has 0 aliphatic carbocycles. The zero-order valence-corrected chi connectivity index (χ0v) is 11.7. The molecular weight excluding hydrogens is 317 g/mol. The minimum Gasteiger partial charge on any atom is -0.504 e. The molecule has 23 heavy (non-hydrogen) atoms. The second-order valence-electron chi connectivity index (χ2n) is 4.50. The summed E-state index contributed by atoms with van der Waals surface area (Å²) in [5, 5.41) is 23.2. The summed E-state index contributed by atoms with van der Waals surface area (Å²) in [7, 11) is 1.35. The van der Waals surface area contributed by atoms with Gasteiger partial charge in [0, 0.05) is 17.8 Å². The van der Waals surface area contributed by atoms with Crippen molar-refractivity contribution in [1.82, 2.24) is 0 Å². The fourth-order valence-electron chi connectivity index (χ4n) is 1.89. The van der Waals surface area contributed by atoms with Gasteiger partial charge >= 0.3 is 6.18 Å². The number of aromatic hydroxyl groups is 1. The number of anilines is 2. The molecule has 2 aromatic carbocycles. The average molecular weight is 328 g/mol. The van der Waals surface area contributed by atoms with Crippen molar-refractivity contribution in [3.63, 3.8) is 0 Å². The van der Waals surface area contributed by atoms with Crippen LogP contribution >= 0.6 is 0 Å². The van der Waals surface area contributed by atoms with E-state index in [0.29, 0.717) is 6.07 Å². The van der Waals surface area contributed by atoms with Gasteiger partial charge in [-0.25, -0.2) is 0 Å². The quantitative estimate of drug-likeness (QED) is 0.653. The second-order valence-corrected chi connectivity index (χ2v) is 4.50. The third-order valence-electron chi connectivity index (χ3n) is 2.98. The molecule has 0 amide bonds. The largest absolute Gasteiger partial charge is 0.504 e. The Morgan fingerprint density at radius 3 is 2.43 bits per heavy atom. The summed E-state index contributed by atoms with van der Waals surface area (Å²) < 4.78 is 42.8. The highest BCUT2D eigenvalue weighted by Crippen LogP contribution is 2.37. The predicted molar refractivity (Wildman–Crippen MR) is 76.0 cm³/mol. The molecule has 0 atom stereocenters. The lowest BCUT2D eigenvalue weighted by Crippen LogP contribution is -2.06. The zero-order valence-electron chi connectivity index (χ0n) is 11.7. The molecule has 0 aromatic heterocycles. The molecule has 0 fully saturated rings. The molecule has 6 nitrogen and oxygen atoms in total. The molecule has 2 N–H and O–H groups in total. The minimum atomic E-state index is -4.68. The smallest absolute Gasteiger partial charge is 0.416 e. The third kappa shape index (κ3) is 3.62. The first kappa shape index (κ1) is 16.4. The Morgan fingerprint density at radius 1 is 1.22 bits per heavy atom. The third-order valence-corrected chi connectivity index (χ3v) is 2.98. The summed E-state index contributed by atoms with van der Waals surface area (Å²) in [6, 6.07) is 6.25. The lowest BCUT2D eigenvalue weighted by atomic mass is 10.1. The van der Waals surface area contributed by atoms with Crippen LogP contribution < -0.4 is 10.1 Å². The van der Waals surface area contributed by atoms with E-state index >= 15 is 0 Å². The molecule has 0 spiro atoms. The summed E-state index contributed by atoms with van der Waals surface area (Å²) in [6.07, 6.45) is -4.68. The van der Waals surface area contributed by atoms with Crippen LogP contribution in [0, 0.1) is 10.1 Å². The number of nitrogens with zero attached hydrogens (tertiary/aromatic N) is 1. The number of hydrogen-bond acceptors (Lipinski definition) is 5. The van der Waals surface area contributed by atoms with Crippen LogP contribution in [0.2, 0.25) is 0 Å². The number of halogens is 3. The van der Waals surface area contributed by atoms with E-state index in [0.717, 1.165) is 12.1 Å². The Morgan fingerprint density at radius 2 is 1.91 bits per heavy atom. The van der Waals surface area contributed by atoms with Gasteiger partial charge in [0.25, 0.3) is 5.69 Å². The number of nitro benzene ring substituents is 1. The van der Waals surface area contributed by atoms with Crippen LogP contribution in [0.5, 0.6) is 11.5 Å². The number of rotatable bonds is 4. The number of alkyl halides is 3. The van der Waals surface area contributed by atoms with Gasteiger partial charge in [-0.2, -0.15) is 13.2 Å². The maximum absolute atomic E-state index is 12.6. The summed E-state index contributed by atoms with van der Waals surface area (Å²) in [5.74, 6) is -0.0236. The Hall–Kier alpha value is -2.97. The molecule has 2 rings (SSSR count). The van der Waals surface area contributed by atoms with Crippen molar-refractivity contribution in [1.29, 1.82) is 0 Å². The van der Waals surface area contributed by atoms with Gasteiger partial charge < -0.3 is 15.2 Å². The second kappa shape index (κ2) is 6.03. The van der Waals surface area contributed by atoms with Crippen molar-refractivity contribution in [3.05, 3.63) is 52.1 Å². The van der Waals surface area contributed by atoms with Crippen LogP contribution in [0.15, 0.2) is 36.4 Å². The Labute approximate surface area is 128 Å². The lowest BCUT2D eigenvalue weighted by molar-refractivity contribution is -0.384. The fourth-order valence-corrected chi connectivity index (χ4v) is 1.89. The molecule has 122 valence electrons. The van der Waals surface area contributed by atoms with E-state index in [1.54, 1.807) is 0 Å². The van der Waals surface area contributed by atoms with Crippen LogP contribution in [-0.4, -0.2) is 17.1 Å². The van der Waals surface area contributed by atoms with E-state index in [4.69, 9.17) is 4.74 Å². The molecule has 0 saturated carbocycles. The molecule has 9 heteroatoms. The summed E-state index contributed by atoms with van der Waals surface area (Å²) in [4.78, 5) is 10.1. The van der Waals surface area contributed by atoms with Crippen molar-refractivity contribution in [2.75, 3.05) is 12.4 Å². The van der Waals surface area contributed by atoms with Crippen molar-refractivity contribution in [2.45, 2.75) is 6.18 Å². The number of nitrogens with one attached hydrogen (secondary N) is 1. The standard InChI is InChI=1S/C14H11F3N2O4/c1-23-13-5-3-9(7-12(13)20)18-10-4-2-8(14(15,16)17)6-11(10)19(21)22/h2-7,18,20H,1H3. The molecule has 2 aromatic rings. The van der Waals surface area contributed by atoms with E-state index in [9.17, 15) is 28.4 Å². The zero-order chi connectivity index (χ0) is 17.2. The lowest BCUT2D eigenvalue weighted by Gasteiger charge is -2.11. The van der Waals surface area contributed by atoms with Crippen LogP contribution in [0.4, 0.5) is 30.2 Å². The van der Waals surface area contributed by atoms with E-state index in [1.165, 1.54) is 25.3 Å². The maximum Gasteiger partial charge on any atom is 0.416 e. The Kier molecular flexibility index (Phi) is 4.30. The average Bonchev–Trinajstić information content (AvgIpc) is 2.46. The number of hydrogen-bond donors (Lipinski definition) is 2. The van der Waals surface area contributed by atoms with Crippen LogP contribution in [0.3, 0.4) is 0 Å². The number of phenolic OH excluding ortho intramolecular Hbond substituents is 1. The van der Waals surface area contributed by atoms with Gasteiger partial charge in [-0.15, -0.1) is 0 Å². The highest BCUT2D eigenvalue weighted by atomic mass is 19.4. The molecule has 0 aliphatic rings. The Bertz CT molecular complexity index is 747. The van der Waals surface area contributed by atoms with Gasteiger partial charge in [-0.1, -0.05) is 0 Å². The monoisotopic (exact) mass is 328 g/mol.